The number of hydrogen-bond donors (Lipinski definition) is 2. The molecule has 1 atom stereocenters. The minimum atomic E-state index is -0.0848. The molecule has 0 saturated carbocycles. The fraction of sp³-hybridized carbons (Fsp3) is 0.292. The number of anilines is 1. The molecule has 3 aromatic rings. The third kappa shape index (κ3) is 3.99. The first-order chi connectivity index (χ1) is 14.0. The van der Waals surface area contributed by atoms with Crippen LogP contribution in [-0.4, -0.2) is 16.1 Å². The summed E-state index contributed by atoms with van der Waals surface area (Å²) < 4.78 is 0. The Bertz CT molecular complexity index is 1120. The molecule has 0 aliphatic heterocycles. The van der Waals surface area contributed by atoms with Gasteiger partial charge in [-0.25, -0.2) is 5.10 Å². The fourth-order valence-corrected chi connectivity index (χ4v) is 4.17. The Morgan fingerprint density at radius 3 is 2.48 bits per heavy atom. The van der Waals surface area contributed by atoms with Crippen LogP contribution in [0.25, 0.3) is 11.1 Å². The van der Waals surface area contributed by atoms with Crippen LogP contribution in [0, 0.1) is 0 Å². The zero-order valence-corrected chi connectivity index (χ0v) is 16.8. The average Bonchev–Trinajstić information content (AvgIpc) is 2.74. The van der Waals surface area contributed by atoms with E-state index in [1.54, 1.807) is 0 Å². The van der Waals surface area contributed by atoms with E-state index in [2.05, 4.69) is 40.6 Å². The van der Waals surface area contributed by atoms with Crippen molar-refractivity contribution in [3.8, 4) is 11.1 Å². The molecule has 29 heavy (non-hydrogen) atoms. The molecule has 1 aliphatic rings. The highest BCUT2D eigenvalue weighted by atomic mass is 16.1. The molecule has 0 radical (unpaired) electrons. The lowest BCUT2D eigenvalue weighted by atomic mass is 9.85. The maximum atomic E-state index is 12.2. The molecule has 2 N–H and O–H groups in total. The molecule has 1 amide bonds. The Morgan fingerprint density at radius 1 is 1.03 bits per heavy atom. The van der Waals surface area contributed by atoms with Crippen LogP contribution < -0.4 is 10.9 Å². The molecule has 0 bridgehead atoms. The van der Waals surface area contributed by atoms with E-state index >= 15 is 0 Å². The molecule has 148 valence electrons. The summed E-state index contributed by atoms with van der Waals surface area (Å²) in [6.45, 7) is 3.65. The van der Waals surface area contributed by atoms with Crippen molar-refractivity contribution >= 4 is 11.6 Å². The highest BCUT2D eigenvalue weighted by molar-refractivity contribution is 5.89. The predicted octanol–water partition coefficient (Wildman–Crippen LogP) is 4.43. The smallest absolute Gasteiger partial charge is 0.267 e. The molecule has 1 unspecified atom stereocenters. The van der Waals surface area contributed by atoms with Crippen molar-refractivity contribution in [3.63, 3.8) is 0 Å². The lowest BCUT2D eigenvalue weighted by molar-refractivity contribution is -0.114. The van der Waals surface area contributed by atoms with Crippen LogP contribution in [0.3, 0.4) is 0 Å². The van der Waals surface area contributed by atoms with Crippen LogP contribution >= 0.6 is 0 Å². The Balaban J connectivity index is 1.70. The van der Waals surface area contributed by atoms with Crippen LogP contribution in [0.2, 0.25) is 0 Å². The summed E-state index contributed by atoms with van der Waals surface area (Å²) in [5, 5.41) is 9.97. The number of nitrogens with zero attached hydrogens (tertiary/aromatic N) is 1. The highest BCUT2D eigenvalue weighted by Crippen LogP contribution is 2.32. The number of nitrogens with one attached hydrogen (secondary N) is 2. The van der Waals surface area contributed by atoms with Crippen molar-refractivity contribution in [2.45, 2.75) is 45.4 Å². The van der Waals surface area contributed by atoms with Crippen molar-refractivity contribution in [1.29, 1.82) is 0 Å². The van der Waals surface area contributed by atoms with Gasteiger partial charge in [0.1, 0.15) is 0 Å². The van der Waals surface area contributed by atoms with Crippen LogP contribution in [-0.2, 0) is 17.6 Å². The van der Waals surface area contributed by atoms with Gasteiger partial charge in [0.15, 0.2) is 0 Å². The highest BCUT2D eigenvalue weighted by Gasteiger charge is 2.22. The summed E-state index contributed by atoms with van der Waals surface area (Å²) in [6.07, 6.45) is 3.93. The van der Waals surface area contributed by atoms with E-state index in [0.29, 0.717) is 0 Å². The largest absolute Gasteiger partial charge is 0.326 e. The number of hydrogen-bond acceptors (Lipinski definition) is 3. The lowest BCUT2D eigenvalue weighted by Crippen LogP contribution is -2.24. The van der Waals surface area contributed by atoms with Gasteiger partial charge in [-0.05, 0) is 60.1 Å². The first-order valence-electron chi connectivity index (χ1n) is 10.1. The van der Waals surface area contributed by atoms with Crippen molar-refractivity contribution in [3.05, 3.63) is 81.3 Å². The molecule has 0 saturated heterocycles. The maximum Gasteiger partial charge on any atom is 0.267 e. The van der Waals surface area contributed by atoms with E-state index in [-0.39, 0.29) is 17.4 Å². The Labute approximate surface area is 170 Å². The van der Waals surface area contributed by atoms with Gasteiger partial charge in [-0.3, -0.25) is 9.59 Å². The van der Waals surface area contributed by atoms with Gasteiger partial charge in [0, 0.05) is 24.1 Å². The summed E-state index contributed by atoms with van der Waals surface area (Å²) >= 11 is 0. The van der Waals surface area contributed by atoms with Gasteiger partial charge in [0.2, 0.25) is 5.91 Å². The van der Waals surface area contributed by atoms with Crippen LogP contribution in [0.4, 0.5) is 5.69 Å². The molecule has 5 nitrogen and oxygen atoms in total. The second-order valence-electron chi connectivity index (χ2n) is 7.71. The van der Waals surface area contributed by atoms with Gasteiger partial charge < -0.3 is 5.32 Å². The fourth-order valence-electron chi connectivity index (χ4n) is 4.17. The first kappa shape index (κ1) is 19.1. The molecular formula is C24H25N3O2. The number of aromatic nitrogens is 2. The number of carbonyl (C=O) groups excluding carboxylic acids is 1. The summed E-state index contributed by atoms with van der Waals surface area (Å²) in [5.41, 5.74) is 7.03. The monoisotopic (exact) mass is 387 g/mol. The van der Waals surface area contributed by atoms with Gasteiger partial charge in [0.25, 0.3) is 5.56 Å². The van der Waals surface area contributed by atoms with Crippen molar-refractivity contribution < 1.29 is 4.79 Å². The molecule has 1 aromatic heterocycles. The molecule has 1 aliphatic carbocycles. The number of amides is 1. The van der Waals surface area contributed by atoms with Crippen molar-refractivity contribution in [2.75, 3.05) is 5.32 Å². The van der Waals surface area contributed by atoms with E-state index in [9.17, 15) is 9.59 Å². The van der Waals surface area contributed by atoms with Crippen LogP contribution in [0.5, 0.6) is 0 Å². The third-order valence-electron chi connectivity index (χ3n) is 5.64. The summed E-state index contributed by atoms with van der Waals surface area (Å²) in [6, 6.07) is 16.2. The molecule has 2 aromatic carbocycles. The molecule has 1 heterocycles. The van der Waals surface area contributed by atoms with Gasteiger partial charge in [-0.1, -0.05) is 43.3 Å². The maximum absolute atomic E-state index is 12.2. The first-order valence-corrected chi connectivity index (χ1v) is 10.1. The van der Waals surface area contributed by atoms with Crippen molar-refractivity contribution in [2.24, 2.45) is 0 Å². The molecular weight excluding hydrogens is 362 g/mol. The van der Waals surface area contributed by atoms with E-state index in [1.807, 2.05) is 30.3 Å². The van der Waals surface area contributed by atoms with E-state index in [4.69, 9.17) is 0 Å². The molecule has 0 fully saturated rings. The van der Waals surface area contributed by atoms with Gasteiger partial charge in [-0.15, -0.1) is 0 Å². The number of carbonyl (C=O) groups is 1. The Morgan fingerprint density at radius 2 is 1.72 bits per heavy atom. The van der Waals surface area contributed by atoms with E-state index in [0.717, 1.165) is 64.9 Å². The Hall–Kier alpha value is -3.21. The van der Waals surface area contributed by atoms with Crippen molar-refractivity contribution in [1.82, 2.24) is 10.2 Å². The number of H-pyrrole nitrogens is 1. The van der Waals surface area contributed by atoms with E-state index < -0.39 is 0 Å². The summed E-state index contributed by atoms with van der Waals surface area (Å²) in [5.74, 6) is -0.00406. The summed E-state index contributed by atoms with van der Waals surface area (Å²) in [4.78, 5) is 23.5. The minimum Gasteiger partial charge on any atom is -0.326 e. The number of fused-ring (bicyclic) bond motifs is 1. The summed E-state index contributed by atoms with van der Waals surface area (Å²) in [7, 11) is 0. The van der Waals surface area contributed by atoms with Gasteiger partial charge in [-0.2, -0.15) is 5.10 Å². The second kappa shape index (κ2) is 8.03. The van der Waals surface area contributed by atoms with Gasteiger partial charge in [0.05, 0.1) is 5.69 Å². The van der Waals surface area contributed by atoms with Crippen LogP contribution in [0.15, 0.2) is 53.3 Å². The predicted molar refractivity (Wildman–Crippen MR) is 115 cm³/mol. The van der Waals surface area contributed by atoms with Gasteiger partial charge >= 0.3 is 0 Å². The molecule has 0 spiro atoms. The minimum absolute atomic E-state index is 0.0424. The zero-order valence-electron chi connectivity index (χ0n) is 16.8. The topological polar surface area (TPSA) is 74.8 Å². The average molecular weight is 387 g/mol. The molecule has 4 rings (SSSR count). The molecule has 5 heteroatoms. The SMILES string of the molecule is CC(=O)Nc1cccc(-c2cccc(C(C)c3n[nH]c(=O)c4c3CCCC4)c2)c1. The number of aromatic amines is 1. The normalized spacial score (nSPS) is 14.1. The quantitative estimate of drug-likeness (QED) is 0.696. The van der Waals surface area contributed by atoms with Crippen LogP contribution in [0.1, 0.15) is 55.0 Å². The lowest BCUT2D eigenvalue weighted by Gasteiger charge is -2.21. The number of rotatable bonds is 4. The second-order valence-corrected chi connectivity index (χ2v) is 7.71. The standard InChI is InChI=1S/C24H25N3O2/c1-15(23-21-11-3-4-12-22(21)24(29)27-26-23)17-7-5-8-18(13-17)19-9-6-10-20(14-19)25-16(2)28/h5-10,13-15H,3-4,11-12H2,1-2H3,(H,25,28)(H,27,29). The third-order valence-corrected chi connectivity index (χ3v) is 5.64. The zero-order chi connectivity index (χ0) is 20.4. The number of benzene rings is 2. The van der Waals surface area contributed by atoms with E-state index in [1.165, 1.54) is 6.92 Å². The Kier molecular flexibility index (Phi) is 5.30.